The normalized spacial score (nSPS) is 14.4. The lowest BCUT2D eigenvalue weighted by atomic mass is 10.0. The minimum atomic E-state index is -2.17. The van der Waals surface area contributed by atoms with Crippen molar-refractivity contribution in [2.24, 2.45) is 11.8 Å². The van der Waals surface area contributed by atoms with Crippen molar-refractivity contribution < 1.29 is 34.6 Å². The van der Waals surface area contributed by atoms with Crippen molar-refractivity contribution in [3.8, 4) is 0 Å². The van der Waals surface area contributed by atoms with Gasteiger partial charge < -0.3 is 20.2 Å². The van der Waals surface area contributed by atoms with Gasteiger partial charge in [0.05, 0.1) is 0 Å². The van der Waals surface area contributed by atoms with E-state index in [0.717, 1.165) is 36.3 Å². The van der Waals surface area contributed by atoms with Crippen LogP contribution in [0.25, 0.3) is 0 Å². The smallest absolute Gasteiger partial charge is 0.480 e. The maximum absolute atomic E-state index is 12.9. The van der Waals surface area contributed by atoms with E-state index in [-0.39, 0.29) is 30.1 Å². The lowest BCUT2D eigenvalue weighted by Crippen LogP contribution is -2.56. The van der Waals surface area contributed by atoms with Crippen LogP contribution in [-0.2, 0) is 20.8 Å². The number of aliphatic carboxylic acids is 1. The molecule has 0 heterocycles. The molecule has 5 N–H and O–H groups in total. The second-order valence-corrected chi connectivity index (χ2v) is 8.04. The Morgan fingerprint density at radius 2 is 1.65 bits per heavy atom. The molecule has 0 aromatic heterocycles. The van der Waals surface area contributed by atoms with Gasteiger partial charge in [0.25, 0.3) is 0 Å². The molecule has 1 aromatic carbocycles. The number of rotatable bonds is 8. The highest BCUT2D eigenvalue weighted by molar-refractivity contribution is 6.30. The van der Waals surface area contributed by atoms with E-state index in [1.54, 1.807) is 0 Å². The fraction of sp³-hybridized carbons (Fsp3) is 0.571. The average molecular weight is 436 g/mol. The van der Waals surface area contributed by atoms with Crippen molar-refractivity contribution in [2.75, 3.05) is 0 Å². The predicted octanol–water partition coefficient (Wildman–Crippen LogP) is 1.12. The van der Waals surface area contributed by atoms with Crippen LogP contribution >= 0.6 is 0 Å². The minimum absolute atomic E-state index is 0.0891. The Hall–Kier alpha value is -2.43. The van der Waals surface area contributed by atoms with Gasteiger partial charge >= 0.3 is 13.3 Å². The van der Waals surface area contributed by atoms with Gasteiger partial charge in [0.2, 0.25) is 11.8 Å². The number of nitrogens with one attached hydrogen (secondary N) is 1. The number of carboxylic acid groups (broad SMARTS) is 1. The molecule has 0 bridgehead atoms. The molecular weight excluding hydrogens is 403 g/mol. The molecule has 2 amide bonds. The van der Waals surface area contributed by atoms with Gasteiger partial charge in [-0.25, -0.2) is 9.80 Å². The molecule has 2 rings (SSSR count). The fourth-order valence-electron chi connectivity index (χ4n) is 3.51. The molecule has 1 atom stereocenters. The maximum Gasteiger partial charge on any atom is 0.631 e. The first-order valence-corrected chi connectivity index (χ1v) is 10.5. The zero-order valence-electron chi connectivity index (χ0n) is 18.1. The van der Waals surface area contributed by atoms with Crippen LogP contribution in [0.15, 0.2) is 30.3 Å². The molecule has 31 heavy (non-hydrogen) atoms. The van der Waals surface area contributed by atoms with Crippen molar-refractivity contribution >= 4 is 25.1 Å². The van der Waals surface area contributed by atoms with Gasteiger partial charge in [-0.15, -0.1) is 0 Å². The Bertz CT molecular complexity index is 691. The molecule has 1 fully saturated rings. The molecule has 0 radical (unpaired) electrons. The summed E-state index contributed by atoms with van der Waals surface area (Å²) in [5, 5.41) is 32.3. The third-order valence-electron chi connectivity index (χ3n) is 4.96. The second-order valence-electron chi connectivity index (χ2n) is 8.04. The molecule has 0 unspecified atom stereocenters. The topological polar surface area (TPSA) is 147 Å². The number of carbonyl (C=O) groups is 3. The Balaban J connectivity index is 0.00000110. The molecule has 0 saturated heterocycles. The van der Waals surface area contributed by atoms with Crippen LogP contribution in [0, 0.1) is 11.8 Å². The standard InChI is InChI=1S/C21H30N2O4.BH3O3/c1-15(2)14-18(21(26)27)23(20(25)17-10-6-7-11-17)22-19(24)13-12-16-8-4-3-5-9-16;2-1(3)4/h3-5,8-9,15,17-18H,6-7,10-14H2,1-2H3,(H,22,24)(H,26,27);2-4H/t18-;/m0./s1. The first-order chi connectivity index (χ1) is 14.6. The third-order valence-corrected chi connectivity index (χ3v) is 4.96. The molecule has 0 spiro atoms. The van der Waals surface area contributed by atoms with E-state index in [1.165, 1.54) is 0 Å². The molecular formula is C21H33BN2O7. The number of nitrogens with zero attached hydrogens (tertiary/aromatic N) is 1. The van der Waals surface area contributed by atoms with E-state index in [9.17, 15) is 19.5 Å². The van der Waals surface area contributed by atoms with E-state index in [0.29, 0.717) is 12.8 Å². The molecule has 1 aliphatic rings. The van der Waals surface area contributed by atoms with Gasteiger partial charge in [-0.1, -0.05) is 57.0 Å². The summed E-state index contributed by atoms with van der Waals surface area (Å²) in [4.78, 5) is 37.2. The molecule has 10 heteroatoms. The lowest BCUT2D eigenvalue weighted by Gasteiger charge is -2.32. The number of aryl methyl sites for hydroxylation is 1. The van der Waals surface area contributed by atoms with E-state index in [2.05, 4.69) is 5.43 Å². The molecule has 9 nitrogen and oxygen atoms in total. The van der Waals surface area contributed by atoms with E-state index in [1.807, 2.05) is 44.2 Å². The number of carboxylic acids is 1. The zero-order valence-corrected chi connectivity index (χ0v) is 18.1. The highest BCUT2D eigenvalue weighted by atomic mass is 16.5. The fourth-order valence-corrected chi connectivity index (χ4v) is 3.51. The maximum atomic E-state index is 12.9. The van der Waals surface area contributed by atoms with Crippen LogP contribution in [0.1, 0.15) is 57.9 Å². The van der Waals surface area contributed by atoms with Crippen molar-refractivity contribution in [1.29, 1.82) is 0 Å². The highest BCUT2D eigenvalue weighted by Gasteiger charge is 2.36. The molecule has 0 aliphatic heterocycles. The van der Waals surface area contributed by atoms with Gasteiger partial charge in [-0.3, -0.25) is 15.0 Å². The summed E-state index contributed by atoms with van der Waals surface area (Å²) >= 11 is 0. The Kier molecular flexibility index (Phi) is 11.8. The Labute approximate surface area is 183 Å². The number of hydrogen-bond donors (Lipinski definition) is 5. The zero-order chi connectivity index (χ0) is 23.4. The van der Waals surface area contributed by atoms with Crippen LogP contribution in [0.5, 0.6) is 0 Å². The summed E-state index contributed by atoms with van der Waals surface area (Å²) in [6.45, 7) is 3.82. The number of benzene rings is 1. The molecule has 1 aromatic rings. The quantitative estimate of drug-likeness (QED) is 0.303. The number of amides is 2. The second kappa shape index (κ2) is 13.8. The number of carbonyl (C=O) groups excluding carboxylic acids is 2. The summed E-state index contributed by atoms with van der Waals surface area (Å²) in [5.74, 6) is -1.80. The molecule has 172 valence electrons. The van der Waals surface area contributed by atoms with Crippen LogP contribution < -0.4 is 5.43 Å². The highest BCUT2D eigenvalue weighted by Crippen LogP contribution is 2.27. The number of hydrazine groups is 1. The van der Waals surface area contributed by atoms with Gasteiger partial charge in [0.15, 0.2) is 6.04 Å². The van der Waals surface area contributed by atoms with Crippen LogP contribution in [0.2, 0.25) is 0 Å². The lowest BCUT2D eigenvalue weighted by molar-refractivity contribution is -0.159. The van der Waals surface area contributed by atoms with Crippen molar-refractivity contribution in [1.82, 2.24) is 10.4 Å². The van der Waals surface area contributed by atoms with Crippen LogP contribution in [-0.4, -0.2) is 56.3 Å². The van der Waals surface area contributed by atoms with Crippen molar-refractivity contribution in [3.63, 3.8) is 0 Å². The monoisotopic (exact) mass is 436 g/mol. The summed E-state index contributed by atoms with van der Waals surface area (Å²) in [6.07, 6.45) is 4.48. The van der Waals surface area contributed by atoms with Gasteiger partial charge in [0.1, 0.15) is 0 Å². The van der Waals surface area contributed by atoms with E-state index < -0.39 is 19.3 Å². The van der Waals surface area contributed by atoms with Crippen molar-refractivity contribution in [3.05, 3.63) is 35.9 Å². The molecule has 1 saturated carbocycles. The Morgan fingerprint density at radius 3 is 2.13 bits per heavy atom. The van der Waals surface area contributed by atoms with Gasteiger partial charge in [-0.05, 0) is 37.2 Å². The minimum Gasteiger partial charge on any atom is -0.480 e. The SMILES string of the molecule is CC(C)C[C@@H](C(=O)O)N(NC(=O)CCc1ccccc1)C(=O)C1CCCC1.OB(O)O. The van der Waals surface area contributed by atoms with Gasteiger partial charge in [0, 0.05) is 12.3 Å². The third kappa shape index (κ3) is 10.4. The average Bonchev–Trinajstić information content (AvgIpc) is 3.23. The summed E-state index contributed by atoms with van der Waals surface area (Å²) in [6, 6.07) is 8.56. The summed E-state index contributed by atoms with van der Waals surface area (Å²) < 4.78 is 0. The van der Waals surface area contributed by atoms with Crippen molar-refractivity contribution in [2.45, 2.75) is 64.8 Å². The number of hydrogen-bond acceptors (Lipinski definition) is 6. The van der Waals surface area contributed by atoms with Gasteiger partial charge in [-0.2, -0.15) is 0 Å². The summed E-state index contributed by atoms with van der Waals surface area (Å²) in [5.41, 5.74) is 3.64. The first kappa shape index (κ1) is 26.6. The first-order valence-electron chi connectivity index (χ1n) is 10.5. The predicted molar refractivity (Wildman–Crippen MR) is 115 cm³/mol. The molecule has 1 aliphatic carbocycles. The van der Waals surface area contributed by atoms with Crippen LogP contribution in [0.3, 0.4) is 0 Å². The summed E-state index contributed by atoms with van der Waals surface area (Å²) in [7, 11) is -2.17. The van der Waals surface area contributed by atoms with Crippen LogP contribution in [0.4, 0.5) is 0 Å². The largest absolute Gasteiger partial charge is 0.631 e. The van der Waals surface area contributed by atoms with E-state index in [4.69, 9.17) is 15.1 Å². The Morgan fingerprint density at radius 1 is 1.10 bits per heavy atom. The van der Waals surface area contributed by atoms with E-state index >= 15 is 0 Å².